The largest absolute Gasteiger partial charge is 0.384 e. The Kier molecular flexibility index (Phi) is 8.78. The van der Waals surface area contributed by atoms with E-state index in [1.807, 2.05) is 12.1 Å². The third kappa shape index (κ3) is 6.05. The summed E-state index contributed by atoms with van der Waals surface area (Å²) in [5.74, 6) is 2.44. The molecule has 1 fully saturated rings. The number of nitrogens with zero attached hydrogens (tertiary/aromatic N) is 4. The van der Waals surface area contributed by atoms with Crippen LogP contribution in [-0.4, -0.2) is 54.4 Å². The summed E-state index contributed by atoms with van der Waals surface area (Å²) < 4.78 is 10.6. The van der Waals surface area contributed by atoms with Gasteiger partial charge >= 0.3 is 0 Å². The zero-order valence-corrected chi connectivity index (χ0v) is 18.6. The number of aromatic nitrogens is 2. The quantitative estimate of drug-likeness (QED) is 0.368. The highest BCUT2D eigenvalue weighted by Gasteiger charge is 2.24. The van der Waals surface area contributed by atoms with E-state index in [9.17, 15) is 0 Å². The van der Waals surface area contributed by atoms with E-state index in [0.29, 0.717) is 29.2 Å². The number of halogens is 2. The molecule has 1 aromatic carbocycles. The molecule has 0 radical (unpaired) electrons. The molecule has 1 N–H and O–H groups in total. The number of methoxy groups -OCH3 is 1. The van der Waals surface area contributed by atoms with Gasteiger partial charge in [0.15, 0.2) is 5.96 Å². The van der Waals surface area contributed by atoms with E-state index in [1.165, 1.54) is 0 Å². The number of hydrogen-bond donors (Lipinski definition) is 1. The van der Waals surface area contributed by atoms with E-state index < -0.39 is 0 Å². The van der Waals surface area contributed by atoms with Crippen LogP contribution in [0.3, 0.4) is 0 Å². The molecular weight excluding hydrogens is 481 g/mol. The molecule has 2 heterocycles. The van der Waals surface area contributed by atoms with Gasteiger partial charge in [0.25, 0.3) is 0 Å². The molecule has 1 saturated heterocycles. The Labute approximate surface area is 181 Å². The fourth-order valence-electron chi connectivity index (χ4n) is 3.00. The molecule has 2 aromatic rings. The zero-order valence-electron chi connectivity index (χ0n) is 15.5. The second kappa shape index (κ2) is 10.8. The molecule has 7 nitrogen and oxygen atoms in total. The molecule has 0 spiro atoms. The molecular formula is C18H25ClIN5O2. The topological polar surface area (TPSA) is 75.8 Å². The minimum atomic E-state index is 0. The molecule has 1 unspecified atom stereocenters. The van der Waals surface area contributed by atoms with Gasteiger partial charge in [-0.25, -0.2) is 4.99 Å². The highest BCUT2D eigenvalue weighted by Crippen LogP contribution is 2.19. The van der Waals surface area contributed by atoms with Crippen LogP contribution >= 0.6 is 35.6 Å². The molecule has 3 rings (SSSR count). The lowest BCUT2D eigenvalue weighted by Gasteiger charge is -2.21. The Morgan fingerprint density at radius 3 is 2.89 bits per heavy atom. The van der Waals surface area contributed by atoms with E-state index in [0.717, 1.165) is 44.2 Å². The Bertz CT molecular complexity index is 738. The summed E-state index contributed by atoms with van der Waals surface area (Å²) in [5, 5.41) is 8.03. The molecule has 0 bridgehead atoms. The Balaban J connectivity index is 0.00000261. The van der Waals surface area contributed by atoms with E-state index in [2.05, 4.69) is 32.3 Å². The SMILES string of the molecule is CCNC(=NCc1nc(-c2ccc(Cl)cc2)no1)N1CCC(COC)C1.I. The molecule has 9 heteroatoms. The second-order valence-electron chi connectivity index (χ2n) is 6.24. The first-order chi connectivity index (χ1) is 12.7. The number of guanidine groups is 1. The van der Waals surface area contributed by atoms with Gasteiger partial charge < -0.3 is 19.5 Å². The van der Waals surface area contributed by atoms with Crippen molar-refractivity contribution in [2.24, 2.45) is 10.9 Å². The van der Waals surface area contributed by atoms with Gasteiger partial charge in [-0.2, -0.15) is 4.98 Å². The minimum Gasteiger partial charge on any atom is -0.384 e. The van der Waals surface area contributed by atoms with Crippen LogP contribution in [0.2, 0.25) is 5.02 Å². The molecule has 0 saturated carbocycles. The molecule has 1 aliphatic heterocycles. The predicted molar refractivity (Wildman–Crippen MR) is 117 cm³/mol. The number of likely N-dealkylation sites (tertiary alicyclic amines) is 1. The average molecular weight is 506 g/mol. The van der Waals surface area contributed by atoms with Crippen molar-refractivity contribution in [3.05, 3.63) is 35.2 Å². The predicted octanol–water partition coefficient (Wildman–Crippen LogP) is 3.44. The van der Waals surface area contributed by atoms with Crippen molar-refractivity contribution < 1.29 is 9.26 Å². The van der Waals surface area contributed by atoms with Gasteiger partial charge in [-0.15, -0.1) is 24.0 Å². The lowest BCUT2D eigenvalue weighted by atomic mass is 10.1. The van der Waals surface area contributed by atoms with Crippen molar-refractivity contribution in [1.29, 1.82) is 0 Å². The first kappa shape index (κ1) is 21.9. The Morgan fingerprint density at radius 1 is 1.41 bits per heavy atom. The molecule has 1 aromatic heterocycles. The van der Waals surface area contributed by atoms with Crippen molar-refractivity contribution in [3.8, 4) is 11.4 Å². The average Bonchev–Trinajstić information content (AvgIpc) is 3.29. The van der Waals surface area contributed by atoms with Gasteiger partial charge in [-0.1, -0.05) is 16.8 Å². The highest BCUT2D eigenvalue weighted by molar-refractivity contribution is 14.0. The maximum Gasteiger partial charge on any atom is 0.248 e. The lowest BCUT2D eigenvalue weighted by molar-refractivity contribution is 0.157. The van der Waals surface area contributed by atoms with Crippen LogP contribution in [0.5, 0.6) is 0 Å². The molecule has 0 aliphatic carbocycles. The van der Waals surface area contributed by atoms with Gasteiger partial charge in [-0.05, 0) is 37.6 Å². The van der Waals surface area contributed by atoms with Gasteiger partial charge in [-0.3, -0.25) is 0 Å². The molecule has 0 amide bonds. The molecule has 148 valence electrons. The summed E-state index contributed by atoms with van der Waals surface area (Å²) in [6.07, 6.45) is 1.11. The summed E-state index contributed by atoms with van der Waals surface area (Å²) in [7, 11) is 1.75. The number of rotatable bonds is 6. The summed E-state index contributed by atoms with van der Waals surface area (Å²) in [6, 6.07) is 7.34. The number of ether oxygens (including phenoxy) is 1. The third-order valence-corrected chi connectivity index (χ3v) is 4.51. The normalized spacial score (nSPS) is 17.1. The summed E-state index contributed by atoms with van der Waals surface area (Å²) >= 11 is 5.91. The smallest absolute Gasteiger partial charge is 0.248 e. The summed E-state index contributed by atoms with van der Waals surface area (Å²) in [4.78, 5) is 11.3. The first-order valence-electron chi connectivity index (χ1n) is 8.80. The summed E-state index contributed by atoms with van der Waals surface area (Å²) in [6.45, 7) is 5.91. The Morgan fingerprint density at radius 2 is 2.19 bits per heavy atom. The number of nitrogens with one attached hydrogen (secondary N) is 1. The maximum atomic E-state index is 5.91. The van der Waals surface area contributed by atoms with Crippen LogP contribution in [-0.2, 0) is 11.3 Å². The highest BCUT2D eigenvalue weighted by atomic mass is 127. The maximum absolute atomic E-state index is 5.91. The standard InChI is InChI=1S/C18H24ClN5O2.HI/c1-3-20-18(24-9-8-13(11-24)12-25-2)21-10-16-22-17(23-26-16)14-4-6-15(19)7-5-14;/h4-7,13H,3,8-12H2,1-2H3,(H,20,21);1H. The number of benzene rings is 1. The zero-order chi connectivity index (χ0) is 18.4. The van der Waals surface area contributed by atoms with Crippen LogP contribution < -0.4 is 5.32 Å². The van der Waals surface area contributed by atoms with Crippen LogP contribution in [0.1, 0.15) is 19.2 Å². The van der Waals surface area contributed by atoms with Gasteiger partial charge in [0.2, 0.25) is 11.7 Å². The molecule has 27 heavy (non-hydrogen) atoms. The lowest BCUT2D eigenvalue weighted by Crippen LogP contribution is -2.40. The van der Waals surface area contributed by atoms with E-state index in [4.69, 9.17) is 20.9 Å². The Hall–Kier alpha value is -1.39. The second-order valence-corrected chi connectivity index (χ2v) is 6.68. The van der Waals surface area contributed by atoms with E-state index in [-0.39, 0.29) is 24.0 Å². The molecule has 1 atom stereocenters. The minimum absolute atomic E-state index is 0. The van der Waals surface area contributed by atoms with Crippen molar-refractivity contribution in [3.63, 3.8) is 0 Å². The van der Waals surface area contributed by atoms with Crippen LogP contribution in [0.15, 0.2) is 33.8 Å². The third-order valence-electron chi connectivity index (χ3n) is 4.26. The van der Waals surface area contributed by atoms with Gasteiger partial charge in [0.05, 0.1) is 6.61 Å². The van der Waals surface area contributed by atoms with Crippen LogP contribution in [0.25, 0.3) is 11.4 Å². The van der Waals surface area contributed by atoms with Crippen molar-refractivity contribution in [2.45, 2.75) is 19.9 Å². The van der Waals surface area contributed by atoms with Crippen molar-refractivity contribution in [1.82, 2.24) is 20.4 Å². The van der Waals surface area contributed by atoms with Crippen LogP contribution in [0, 0.1) is 5.92 Å². The first-order valence-corrected chi connectivity index (χ1v) is 9.18. The fourth-order valence-corrected chi connectivity index (χ4v) is 3.13. The number of aliphatic imine (C=N–C) groups is 1. The van der Waals surface area contributed by atoms with E-state index >= 15 is 0 Å². The number of hydrogen-bond acceptors (Lipinski definition) is 5. The van der Waals surface area contributed by atoms with Crippen molar-refractivity contribution >= 4 is 41.5 Å². The van der Waals surface area contributed by atoms with Gasteiger partial charge in [0, 0.05) is 43.2 Å². The van der Waals surface area contributed by atoms with Crippen molar-refractivity contribution in [2.75, 3.05) is 33.4 Å². The fraction of sp³-hybridized carbons (Fsp3) is 0.500. The summed E-state index contributed by atoms with van der Waals surface area (Å²) in [5.41, 5.74) is 0.863. The van der Waals surface area contributed by atoms with Crippen LogP contribution in [0.4, 0.5) is 0 Å². The van der Waals surface area contributed by atoms with Gasteiger partial charge in [0.1, 0.15) is 6.54 Å². The monoisotopic (exact) mass is 505 g/mol. The molecule has 1 aliphatic rings. The van der Waals surface area contributed by atoms with E-state index in [1.54, 1.807) is 19.2 Å².